The van der Waals surface area contributed by atoms with Crippen LogP contribution in [0.4, 0.5) is 11.4 Å². The van der Waals surface area contributed by atoms with Crippen molar-refractivity contribution in [2.45, 2.75) is 58.8 Å². The number of anilines is 2. The fourth-order valence-electron chi connectivity index (χ4n) is 5.47. The van der Waals surface area contributed by atoms with E-state index in [0.717, 1.165) is 35.1 Å². The third-order valence-electron chi connectivity index (χ3n) is 7.79. The number of aryl methyl sites for hydroxylation is 1. The first kappa shape index (κ1) is 27.5. The van der Waals surface area contributed by atoms with E-state index in [1.807, 2.05) is 68.7 Å². The third-order valence-corrected chi connectivity index (χ3v) is 10.5. The predicted octanol–water partition coefficient (Wildman–Crippen LogP) is 8.25. The summed E-state index contributed by atoms with van der Waals surface area (Å²) in [7, 11) is 0.607. The molecule has 3 aromatic carbocycles. The van der Waals surface area contributed by atoms with Gasteiger partial charge >= 0.3 is 0 Å². The Hall–Kier alpha value is -2.55. The lowest BCUT2D eigenvalue weighted by molar-refractivity contribution is 0.0489. The van der Waals surface area contributed by atoms with Crippen molar-refractivity contribution in [1.82, 2.24) is 0 Å². The highest BCUT2D eigenvalue weighted by atomic mass is 31.2. The molecular weight excluding hydrogens is 475 g/mol. The molecule has 1 aliphatic carbocycles. The van der Waals surface area contributed by atoms with Crippen LogP contribution in [0.2, 0.25) is 0 Å². The van der Waals surface area contributed by atoms with E-state index < -0.39 is 13.2 Å². The maximum atomic E-state index is 15.5. The van der Waals surface area contributed by atoms with Crippen molar-refractivity contribution in [3.63, 3.8) is 0 Å². The van der Waals surface area contributed by atoms with Gasteiger partial charge in [0.2, 0.25) is 0 Å². The molecule has 1 saturated carbocycles. The van der Waals surface area contributed by atoms with Crippen LogP contribution >= 0.6 is 7.37 Å². The Kier molecular flexibility index (Phi) is 8.82. The lowest BCUT2D eigenvalue weighted by atomic mass is 9.75. The highest BCUT2D eigenvalue weighted by Crippen LogP contribution is 2.61. The zero-order chi connectivity index (χ0) is 26.6. The van der Waals surface area contributed by atoms with Crippen molar-refractivity contribution < 1.29 is 9.09 Å². The molecule has 0 unspecified atom stereocenters. The predicted molar refractivity (Wildman–Crippen MR) is 158 cm³/mol. The van der Waals surface area contributed by atoms with E-state index in [4.69, 9.17) is 4.52 Å². The van der Waals surface area contributed by atoms with E-state index in [0.29, 0.717) is 17.8 Å². The Morgan fingerprint density at radius 3 is 2.16 bits per heavy atom. The summed E-state index contributed by atoms with van der Waals surface area (Å²) < 4.78 is 22.5. The highest BCUT2D eigenvalue weighted by Gasteiger charge is 2.43. The summed E-state index contributed by atoms with van der Waals surface area (Å²) in [5, 5.41) is 4.39. The summed E-state index contributed by atoms with van der Waals surface area (Å²) >= 11 is 0. The fraction of sp³-hybridized carbons (Fsp3) is 0.438. The van der Waals surface area contributed by atoms with Gasteiger partial charge in [0, 0.05) is 30.8 Å². The standard InChI is InChI=1S/C32H43N2O2P/c1-23(2)30-21-14-25(4)22-31(30)36-37(35,29-19-17-28(18-20-29)34(5)6)32(26-15-12-24(3)13-16-26)33-27-10-8-7-9-11-27/h7-13,15-20,23,25,30-33H,14,21-22H2,1-6H3/t25-,30-,31-,32-,37-/m1/s1. The summed E-state index contributed by atoms with van der Waals surface area (Å²) in [5.74, 6) is 0.915. The molecule has 37 heavy (non-hydrogen) atoms. The van der Waals surface area contributed by atoms with Crippen molar-refractivity contribution in [2.24, 2.45) is 17.8 Å². The molecule has 1 N–H and O–H groups in total. The third kappa shape index (κ3) is 6.48. The summed E-state index contributed by atoms with van der Waals surface area (Å²) in [6, 6.07) is 26.5. The molecule has 4 rings (SSSR count). The van der Waals surface area contributed by atoms with Gasteiger partial charge in [-0.2, -0.15) is 0 Å². The Morgan fingerprint density at radius 2 is 1.57 bits per heavy atom. The molecule has 0 bridgehead atoms. The maximum Gasteiger partial charge on any atom is 0.258 e. The van der Waals surface area contributed by atoms with Gasteiger partial charge in [0.05, 0.1) is 6.10 Å². The van der Waals surface area contributed by atoms with Crippen LogP contribution in [-0.4, -0.2) is 20.2 Å². The van der Waals surface area contributed by atoms with Crippen LogP contribution in [0.15, 0.2) is 78.9 Å². The van der Waals surface area contributed by atoms with E-state index >= 15 is 4.57 Å². The second-order valence-electron chi connectivity index (χ2n) is 11.3. The quantitative estimate of drug-likeness (QED) is 0.290. The van der Waals surface area contributed by atoms with E-state index in [1.165, 1.54) is 12.0 Å². The number of hydrogen-bond acceptors (Lipinski definition) is 4. The van der Waals surface area contributed by atoms with E-state index in [9.17, 15) is 0 Å². The Labute approximate surface area is 223 Å². The number of rotatable bonds is 9. The van der Waals surface area contributed by atoms with E-state index in [2.05, 4.69) is 62.2 Å². The molecule has 0 amide bonds. The SMILES string of the molecule is Cc1ccc([C@H](Nc2ccccc2)[P@](=O)(O[C@@H]2C[C@H](C)CC[C@@H]2C(C)C)c2ccc(N(C)C)cc2)cc1. The first-order valence-electron chi connectivity index (χ1n) is 13.6. The monoisotopic (exact) mass is 518 g/mol. The first-order valence-corrected chi connectivity index (χ1v) is 15.3. The van der Waals surface area contributed by atoms with Crippen LogP contribution in [0.1, 0.15) is 56.9 Å². The molecule has 198 valence electrons. The highest BCUT2D eigenvalue weighted by molar-refractivity contribution is 7.67. The molecule has 5 atom stereocenters. The van der Waals surface area contributed by atoms with Crippen molar-refractivity contribution in [3.05, 3.63) is 90.0 Å². The van der Waals surface area contributed by atoms with Crippen molar-refractivity contribution in [2.75, 3.05) is 24.3 Å². The van der Waals surface area contributed by atoms with Crippen LogP contribution in [0.25, 0.3) is 0 Å². The minimum atomic E-state index is -3.44. The summed E-state index contributed by atoms with van der Waals surface area (Å²) in [6.45, 7) is 8.92. The Morgan fingerprint density at radius 1 is 0.919 bits per heavy atom. The first-order chi connectivity index (χ1) is 17.7. The molecular formula is C32H43N2O2P. The van der Waals surface area contributed by atoms with Gasteiger partial charge < -0.3 is 14.7 Å². The average Bonchev–Trinajstić information content (AvgIpc) is 2.88. The summed E-state index contributed by atoms with van der Waals surface area (Å²) in [4.78, 5) is 2.06. The lowest BCUT2D eigenvalue weighted by Crippen LogP contribution is -2.35. The molecule has 4 nitrogen and oxygen atoms in total. The molecule has 1 aliphatic rings. The minimum absolute atomic E-state index is 0.0476. The number of para-hydroxylation sites is 1. The number of nitrogens with zero attached hydrogens (tertiary/aromatic N) is 1. The lowest BCUT2D eigenvalue weighted by Gasteiger charge is -2.41. The van der Waals surface area contributed by atoms with Crippen LogP contribution in [-0.2, 0) is 9.09 Å². The molecule has 0 aromatic heterocycles. The van der Waals surface area contributed by atoms with Crippen molar-refractivity contribution >= 4 is 24.0 Å². The molecule has 0 aliphatic heterocycles. The van der Waals surface area contributed by atoms with Gasteiger partial charge in [0.15, 0.2) is 0 Å². The van der Waals surface area contributed by atoms with Gasteiger partial charge in [-0.05, 0) is 79.5 Å². The van der Waals surface area contributed by atoms with Crippen LogP contribution in [0, 0.1) is 24.7 Å². The summed E-state index contributed by atoms with van der Waals surface area (Å²) in [5.41, 5.74) is 4.15. The van der Waals surface area contributed by atoms with Crippen LogP contribution < -0.4 is 15.5 Å². The van der Waals surface area contributed by atoms with E-state index in [1.54, 1.807) is 0 Å². The topological polar surface area (TPSA) is 41.6 Å². The maximum absolute atomic E-state index is 15.5. The average molecular weight is 519 g/mol. The smallest absolute Gasteiger partial charge is 0.258 e. The number of nitrogens with one attached hydrogen (secondary N) is 1. The molecule has 0 heterocycles. The van der Waals surface area contributed by atoms with Crippen molar-refractivity contribution in [3.8, 4) is 0 Å². The largest absolute Gasteiger partial charge is 0.378 e. The van der Waals surface area contributed by atoms with Gasteiger partial charge in [-0.15, -0.1) is 0 Å². The molecule has 0 radical (unpaired) electrons. The van der Waals surface area contributed by atoms with Crippen molar-refractivity contribution in [1.29, 1.82) is 0 Å². The van der Waals surface area contributed by atoms with E-state index in [-0.39, 0.29) is 6.10 Å². The molecule has 0 saturated heterocycles. The normalized spacial score (nSPS) is 22.3. The van der Waals surface area contributed by atoms with Crippen LogP contribution in [0.5, 0.6) is 0 Å². The number of benzene rings is 3. The molecule has 1 fully saturated rings. The fourth-order valence-corrected chi connectivity index (χ4v) is 8.11. The Balaban J connectivity index is 1.84. The summed E-state index contributed by atoms with van der Waals surface area (Å²) in [6.07, 6.45) is 3.21. The molecule has 0 spiro atoms. The zero-order valence-corrected chi connectivity index (χ0v) is 24.1. The van der Waals surface area contributed by atoms with Gasteiger partial charge in [0.1, 0.15) is 5.78 Å². The minimum Gasteiger partial charge on any atom is -0.378 e. The van der Waals surface area contributed by atoms with Gasteiger partial charge in [-0.25, -0.2) is 0 Å². The van der Waals surface area contributed by atoms with Crippen LogP contribution in [0.3, 0.4) is 0 Å². The molecule has 5 heteroatoms. The van der Waals surface area contributed by atoms with Gasteiger partial charge in [-0.1, -0.05) is 75.2 Å². The second kappa shape index (κ2) is 11.9. The molecule has 3 aromatic rings. The van der Waals surface area contributed by atoms with Gasteiger partial charge in [0.25, 0.3) is 7.37 Å². The Bertz CT molecular complexity index is 1180. The zero-order valence-electron chi connectivity index (χ0n) is 23.2. The second-order valence-corrected chi connectivity index (χ2v) is 13.7. The number of hydrogen-bond donors (Lipinski definition) is 1. The van der Waals surface area contributed by atoms with Gasteiger partial charge in [-0.3, -0.25) is 4.57 Å².